The standard InChI is InChI=1S/C20H22ClN3O3S/c1-12(2)14-4-6-15(7-5-14)19(26)22-20(28)24-23-18(25)11-27-17-9-8-16(21)10-13(17)3/h4-10,12H,11H2,1-3H3,(H,23,25)(H2,22,24,26,28). The number of thiocarbonyl (C=S) groups is 1. The van der Waals surface area contributed by atoms with Gasteiger partial charge in [0, 0.05) is 10.6 Å². The number of amides is 2. The van der Waals surface area contributed by atoms with Gasteiger partial charge >= 0.3 is 0 Å². The van der Waals surface area contributed by atoms with Crippen molar-refractivity contribution in [1.29, 1.82) is 0 Å². The third-order valence-corrected chi connectivity index (χ3v) is 4.32. The van der Waals surface area contributed by atoms with E-state index in [9.17, 15) is 9.59 Å². The summed E-state index contributed by atoms with van der Waals surface area (Å²) in [6.07, 6.45) is 0. The van der Waals surface area contributed by atoms with Crippen LogP contribution in [0.5, 0.6) is 5.75 Å². The van der Waals surface area contributed by atoms with Crippen LogP contribution in [0.15, 0.2) is 42.5 Å². The van der Waals surface area contributed by atoms with Gasteiger partial charge in [0.05, 0.1) is 0 Å². The molecule has 0 unspecified atom stereocenters. The molecule has 0 aliphatic carbocycles. The molecule has 2 rings (SSSR count). The number of rotatable bonds is 5. The first-order valence-electron chi connectivity index (χ1n) is 8.65. The Labute approximate surface area is 174 Å². The number of carbonyl (C=O) groups is 2. The lowest BCUT2D eigenvalue weighted by atomic mass is 10.0. The number of aryl methyl sites for hydroxylation is 1. The number of hydrogen-bond donors (Lipinski definition) is 3. The summed E-state index contributed by atoms with van der Waals surface area (Å²) in [6, 6.07) is 12.4. The molecule has 0 heterocycles. The van der Waals surface area contributed by atoms with Crippen molar-refractivity contribution in [3.8, 4) is 5.75 Å². The second-order valence-corrected chi connectivity index (χ2v) is 7.28. The van der Waals surface area contributed by atoms with Crippen LogP contribution in [0.2, 0.25) is 5.02 Å². The lowest BCUT2D eigenvalue weighted by Crippen LogP contribution is -2.49. The van der Waals surface area contributed by atoms with Crippen molar-refractivity contribution in [2.45, 2.75) is 26.7 Å². The van der Waals surface area contributed by atoms with Crippen molar-refractivity contribution in [3.05, 3.63) is 64.2 Å². The van der Waals surface area contributed by atoms with Crippen molar-refractivity contribution in [2.24, 2.45) is 0 Å². The Bertz CT molecular complexity index is 869. The summed E-state index contributed by atoms with van der Waals surface area (Å²) < 4.78 is 5.43. The fourth-order valence-electron chi connectivity index (χ4n) is 2.31. The van der Waals surface area contributed by atoms with Crippen LogP contribution in [-0.2, 0) is 4.79 Å². The van der Waals surface area contributed by atoms with Gasteiger partial charge in [-0.3, -0.25) is 25.8 Å². The molecule has 8 heteroatoms. The largest absolute Gasteiger partial charge is 0.483 e. The summed E-state index contributed by atoms with van der Waals surface area (Å²) >= 11 is 10.9. The van der Waals surface area contributed by atoms with E-state index in [-0.39, 0.29) is 17.6 Å². The predicted octanol–water partition coefficient (Wildman–Crippen LogP) is 3.49. The van der Waals surface area contributed by atoms with Crippen molar-refractivity contribution in [1.82, 2.24) is 16.2 Å². The highest BCUT2D eigenvalue weighted by atomic mass is 35.5. The first-order chi connectivity index (χ1) is 13.3. The highest BCUT2D eigenvalue weighted by Gasteiger charge is 2.10. The van der Waals surface area contributed by atoms with Crippen LogP contribution in [0.25, 0.3) is 0 Å². The quantitative estimate of drug-likeness (QED) is 0.510. The molecule has 0 fully saturated rings. The van der Waals surface area contributed by atoms with Crippen LogP contribution in [0.1, 0.15) is 41.3 Å². The van der Waals surface area contributed by atoms with E-state index in [0.717, 1.165) is 11.1 Å². The zero-order valence-corrected chi connectivity index (χ0v) is 17.4. The number of ether oxygens (including phenoxy) is 1. The molecule has 0 aromatic heterocycles. The zero-order valence-electron chi connectivity index (χ0n) is 15.8. The molecular weight excluding hydrogens is 398 g/mol. The SMILES string of the molecule is Cc1cc(Cl)ccc1OCC(=O)NNC(=S)NC(=O)c1ccc(C(C)C)cc1. The summed E-state index contributed by atoms with van der Waals surface area (Å²) in [4.78, 5) is 24.0. The molecular formula is C20H22ClN3O3S. The van der Waals surface area contributed by atoms with Crippen molar-refractivity contribution >= 4 is 40.7 Å². The minimum atomic E-state index is -0.452. The molecule has 0 aliphatic rings. The van der Waals surface area contributed by atoms with Crippen LogP contribution < -0.4 is 20.9 Å². The first kappa shape index (κ1) is 21.7. The second kappa shape index (κ2) is 10.1. The molecule has 2 amide bonds. The average molecular weight is 420 g/mol. The number of nitrogens with one attached hydrogen (secondary N) is 3. The number of hydrazine groups is 1. The number of benzene rings is 2. The summed E-state index contributed by atoms with van der Waals surface area (Å²) in [5.74, 6) is 0.122. The molecule has 3 N–H and O–H groups in total. The van der Waals surface area contributed by atoms with Gasteiger partial charge in [-0.15, -0.1) is 0 Å². The summed E-state index contributed by atoms with van der Waals surface area (Å²) in [6.45, 7) is 5.77. The molecule has 0 saturated heterocycles. The highest BCUT2D eigenvalue weighted by molar-refractivity contribution is 7.80. The van der Waals surface area contributed by atoms with Gasteiger partial charge in [0.2, 0.25) is 0 Å². The fraction of sp³-hybridized carbons (Fsp3) is 0.250. The normalized spacial score (nSPS) is 10.3. The molecule has 6 nitrogen and oxygen atoms in total. The van der Waals surface area contributed by atoms with E-state index in [1.165, 1.54) is 0 Å². The van der Waals surface area contributed by atoms with E-state index >= 15 is 0 Å². The number of halogens is 1. The van der Waals surface area contributed by atoms with E-state index in [4.69, 9.17) is 28.6 Å². The molecule has 0 atom stereocenters. The van der Waals surface area contributed by atoms with Gasteiger partial charge in [0.25, 0.3) is 11.8 Å². The van der Waals surface area contributed by atoms with Gasteiger partial charge in [0.1, 0.15) is 5.75 Å². The van der Waals surface area contributed by atoms with E-state index in [0.29, 0.717) is 22.3 Å². The molecule has 2 aromatic carbocycles. The Balaban J connectivity index is 1.76. The van der Waals surface area contributed by atoms with Crippen LogP contribution >= 0.6 is 23.8 Å². The first-order valence-corrected chi connectivity index (χ1v) is 9.44. The summed E-state index contributed by atoms with van der Waals surface area (Å²) in [5, 5.41) is 3.07. The third-order valence-electron chi connectivity index (χ3n) is 3.88. The topological polar surface area (TPSA) is 79.5 Å². The third kappa shape index (κ3) is 6.51. The van der Waals surface area contributed by atoms with Gasteiger partial charge < -0.3 is 4.74 Å². The van der Waals surface area contributed by atoms with Gasteiger partial charge in [0.15, 0.2) is 11.7 Å². The highest BCUT2D eigenvalue weighted by Crippen LogP contribution is 2.21. The van der Waals surface area contributed by atoms with Crippen molar-refractivity contribution in [3.63, 3.8) is 0 Å². The molecule has 2 aromatic rings. The maximum absolute atomic E-state index is 12.2. The van der Waals surface area contributed by atoms with Crippen LogP contribution in [0.3, 0.4) is 0 Å². The van der Waals surface area contributed by atoms with E-state index < -0.39 is 5.91 Å². The molecule has 28 heavy (non-hydrogen) atoms. The number of hydrogen-bond acceptors (Lipinski definition) is 4. The van der Waals surface area contributed by atoms with Crippen molar-refractivity contribution < 1.29 is 14.3 Å². The summed E-state index contributed by atoms with van der Waals surface area (Å²) in [7, 11) is 0. The number of carbonyl (C=O) groups excluding carboxylic acids is 2. The smallest absolute Gasteiger partial charge is 0.276 e. The molecule has 0 radical (unpaired) electrons. The maximum Gasteiger partial charge on any atom is 0.276 e. The molecule has 148 valence electrons. The van der Waals surface area contributed by atoms with E-state index in [2.05, 4.69) is 30.0 Å². The Hall–Kier alpha value is -2.64. The van der Waals surface area contributed by atoms with Crippen LogP contribution in [0.4, 0.5) is 0 Å². The molecule has 0 aliphatic heterocycles. The van der Waals surface area contributed by atoms with Crippen LogP contribution in [0, 0.1) is 6.92 Å². The molecule has 0 bridgehead atoms. The lowest BCUT2D eigenvalue weighted by molar-refractivity contribution is -0.123. The van der Waals surface area contributed by atoms with E-state index in [1.54, 1.807) is 30.3 Å². The fourth-order valence-corrected chi connectivity index (χ4v) is 2.68. The van der Waals surface area contributed by atoms with Crippen molar-refractivity contribution in [2.75, 3.05) is 6.61 Å². The lowest BCUT2D eigenvalue weighted by Gasteiger charge is -2.12. The average Bonchev–Trinajstić information content (AvgIpc) is 2.65. The second-order valence-electron chi connectivity index (χ2n) is 6.43. The maximum atomic E-state index is 12.2. The Morgan fingerprint density at radius 3 is 2.39 bits per heavy atom. The zero-order chi connectivity index (χ0) is 20.7. The summed E-state index contributed by atoms with van der Waals surface area (Å²) in [5.41, 5.74) is 7.27. The Morgan fingerprint density at radius 2 is 1.79 bits per heavy atom. The van der Waals surface area contributed by atoms with E-state index in [1.807, 2.05) is 19.1 Å². The van der Waals surface area contributed by atoms with Gasteiger partial charge in [-0.1, -0.05) is 37.6 Å². The van der Waals surface area contributed by atoms with Gasteiger partial charge in [-0.25, -0.2) is 0 Å². The molecule has 0 saturated carbocycles. The van der Waals surface area contributed by atoms with Gasteiger partial charge in [-0.2, -0.15) is 0 Å². The Morgan fingerprint density at radius 1 is 1.11 bits per heavy atom. The Kier molecular flexibility index (Phi) is 7.78. The monoisotopic (exact) mass is 419 g/mol. The van der Waals surface area contributed by atoms with Gasteiger partial charge in [-0.05, 0) is 66.5 Å². The minimum absolute atomic E-state index is 0.0195. The van der Waals surface area contributed by atoms with Crippen LogP contribution in [-0.4, -0.2) is 23.5 Å². The molecule has 0 spiro atoms. The minimum Gasteiger partial charge on any atom is -0.483 e. The predicted molar refractivity (Wildman–Crippen MR) is 114 cm³/mol.